The molecular formula is C13H17N5O8S2. The van der Waals surface area contributed by atoms with Crippen molar-refractivity contribution in [3.05, 3.63) is 11.1 Å². The van der Waals surface area contributed by atoms with Gasteiger partial charge in [0, 0.05) is 5.38 Å². The lowest BCUT2D eigenvalue weighted by Crippen LogP contribution is -2.71. The van der Waals surface area contributed by atoms with Crippen molar-refractivity contribution < 1.29 is 37.3 Å². The Morgan fingerprint density at radius 3 is 2.50 bits per heavy atom. The van der Waals surface area contributed by atoms with Crippen LogP contribution in [0.15, 0.2) is 10.5 Å². The number of β-lactam (4-membered cyclic amide) rings is 1. The van der Waals surface area contributed by atoms with Gasteiger partial charge in [-0.25, -0.2) is 14.1 Å². The van der Waals surface area contributed by atoms with Crippen molar-refractivity contribution in [2.45, 2.75) is 38.5 Å². The van der Waals surface area contributed by atoms with Crippen molar-refractivity contribution in [1.29, 1.82) is 0 Å². The van der Waals surface area contributed by atoms with E-state index < -0.39 is 51.5 Å². The number of aliphatic carboxylic acids is 1. The fourth-order valence-electron chi connectivity index (χ4n) is 2.11. The Hall–Kier alpha value is -2.78. The summed E-state index contributed by atoms with van der Waals surface area (Å²) in [5, 5.41) is 16.3. The third-order valence-corrected chi connectivity index (χ3v) is 5.41. The molecule has 0 aromatic carbocycles. The quantitative estimate of drug-likeness (QED) is 0.175. The number of anilines is 1. The monoisotopic (exact) mass is 435 g/mol. The summed E-state index contributed by atoms with van der Waals surface area (Å²) in [5.74, 6) is -3.38. The van der Waals surface area contributed by atoms with E-state index in [4.69, 9.17) is 20.2 Å². The number of nitrogens with two attached hydrogens (primary N) is 1. The lowest BCUT2D eigenvalue weighted by atomic mass is 10.0. The number of nitrogens with one attached hydrogen (secondary N) is 1. The fraction of sp³-hybridized carbons (Fsp3) is 0.462. The molecular weight excluding hydrogens is 418 g/mol. The molecule has 0 aliphatic carbocycles. The highest BCUT2D eigenvalue weighted by atomic mass is 32.2. The number of amides is 2. The molecule has 2 amide bonds. The summed E-state index contributed by atoms with van der Waals surface area (Å²) < 4.78 is 31.4. The first kappa shape index (κ1) is 21.5. The van der Waals surface area contributed by atoms with Crippen molar-refractivity contribution in [2.24, 2.45) is 5.16 Å². The summed E-state index contributed by atoms with van der Waals surface area (Å²) in [6.07, 6.45) is 0. The normalized spacial score (nSPS) is 20.5. The molecule has 0 unspecified atom stereocenters. The van der Waals surface area contributed by atoms with E-state index in [-0.39, 0.29) is 15.1 Å². The third kappa shape index (κ3) is 4.20. The summed E-state index contributed by atoms with van der Waals surface area (Å²) >= 11 is 0.980. The molecule has 15 heteroatoms. The number of oxime groups is 1. The van der Waals surface area contributed by atoms with Gasteiger partial charge in [-0.15, -0.1) is 11.3 Å². The molecule has 2 heterocycles. The number of carbonyl (C=O) groups excluding carboxylic acids is 2. The number of nitrogens with zero attached hydrogens (tertiary/aromatic N) is 3. The predicted molar refractivity (Wildman–Crippen MR) is 95.7 cm³/mol. The van der Waals surface area contributed by atoms with Crippen LogP contribution in [0.1, 0.15) is 26.5 Å². The molecule has 1 aliphatic rings. The summed E-state index contributed by atoms with van der Waals surface area (Å²) in [5.41, 5.74) is 3.26. The number of thiazole rings is 1. The van der Waals surface area contributed by atoms with Crippen molar-refractivity contribution in [3.8, 4) is 0 Å². The first-order chi connectivity index (χ1) is 12.8. The standard InChI is InChI=1S/C13H17N5O8S2/c1-5-7(10(20)18(5)28(23,24)25)16-9(19)8(6-4-27-12(14)15-6)17-26-13(2,3)11(21)22/h4-5,7H,1-3H3,(H2,14,15)(H,16,19)(H,21,22)(H,23,24,25)/t5-,7-/m1/s1. The topological polar surface area (TPSA) is 202 Å². The summed E-state index contributed by atoms with van der Waals surface area (Å²) in [6.45, 7) is 3.69. The van der Waals surface area contributed by atoms with Crippen LogP contribution in [0.25, 0.3) is 0 Å². The zero-order valence-electron chi connectivity index (χ0n) is 14.8. The molecule has 0 bridgehead atoms. The van der Waals surface area contributed by atoms with Gasteiger partial charge < -0.3 is 21.0 Å². The molecule has 1 fully saturated rings. The Morgan fingerprint density at radius 2 is 2.07 bits per heavy atom. The van der Waals surface area contributed by atoms with Gasteiger partial charge in [0.15, 0.2) is 10.8 Å². The molecule has 1 saturated heterocycles. The Labute approximate surface area is 163 Å². The first-order valence-corrected chi connectivity index (χ1v) is 9.86. The largest absolute Gasteiger partial charge is 0.478 e. The van der Waals surface area contributed by atoms with E-state index in [0.717, 1.165) is 11.3 Å². The van der Waals surface area contributed by atoms with Crippen molar-refractivity contribution >= 4 is 50.3 Å². The van der Waals surface area contributed by atoms with Gasteiger partial charge in [0.2, 0.25) is 5.60 Å². The van der Waals surface area contributed by atoms with Gasteiger partial charge in [-0.05, 0) is 20.8 Å². The highest BCUT2D eigenvalue weighted by Gasteiger charge is 2.51. The van der Waals surface area contributed by atoms with E-state index in [0.29, 0.717) is 0 Å². The third-order valence-electron chi connectivity index (χ3n) is 3.73. The van der Waals surface area contributed by atoms with Crippen LogP contribution >= 0.6 is 11.3 Å². The van der Waals surface area contributed by atoms with E-state index in [1.165, 1.54) is 26.2 Å². The van der Waals surface area contributed by atoms with Crippen LogP contribution in [0, 0.1) is 0 Å². The summed E-state index contributed by atoms with van der Waals surface area (Å²) in [7, 11) is -4.76. The highest BCUT2D eigenvalue weighted by molar-refractivity contribution is 7.84. The van der Waals surface area contributed by atoms with Gasteiger partial charge in [-0.3, -0.25) is 14.1 Å². The smallest absolute Gasteiger partial charge is 0.362 e. The maximum atomic E-state index is 12.6. The molecule has 0 spiro atoms. The van der Waals surface area contributed by atoms with E-state index >= 15 is 0 Å². The van der Waals surface area contributed by atoms with Gasteiger partial charge in [0.25, 0.3) is 11.8 Å². The van der Waals surface area contributed by atoms with Gasteiger partial charge in [-0.2, -0.15) is 8.42 Å². The second kappa shape index (κ2) is 7.33. The molecule has 28 heavy (non-hydrogen) atoms. The van der Waals surface area contributed by atoms with E-state index in [2.05, 4.69) is 15.5 Å². The van der Waals surface area contributed by atoms with Gasteiger partial charge in [-0.1, -0.05) is 5.16 Å². The fourth-order valence-corrected chi connectivity index (χ4v) is 3.54. The molecule has 0 saturated carbocycles. The number of rotatable bonds is 7. The van der Waals surface area contributed by atoms with Crippen LogP contribution < -0.4 is 11.1 Å². The second-order valence-electron chi connectivity index (χ2n) is 6.22. The van der Waals surface area contributed by atoms with Crippen LogP contribution in [0.2, 0.25) is 0 Å². The lowest BCUT2D eigenvalue weighted by Gasteiger charge is -2.42. The molecule has 0 radical (unpaired) electrons. The second-order valence-corrected chi connectivity index (χ2v) is 8.40. The van der Waals surface area contributed by atoms with Crippen LogP contribution in [-0.4, -0.2) is 68.5 Å². The van der Waals surface area contributed by atoms with Gasteiger partial charge >= 0.3 is 16.3 Å². The molecule has 13 nitrogen and oxygen atoms in total. The Balaban J connectivity index is 2.26. The molecule has 2 atom stereocenters. The minimum Gasteiger partial charge on any atom is -0.478 e. The number of aromatic nitrogens is 1. The number of hydrogen-bond donors (Lipinski definition) is 4. The minimum absolute atomic E-state index is 0.0350. The highest BCUT2D eigenvalue weighted by Crippen LogP contribution is 2.23. The summed E-state index contributed by atoms with van der Waals surface area (Å²) in [4.78, 5) is 44.4. The van der Waals surface area contributed by atoms with E-state index in [9.17, 15) is 22.8 Å². The maximum Gasteiger partial charge on any atom is 0.362 e. The number of hydrogen-bond acceptors (Lipinski definition) is 10. The summed E-state index contributed by atoms with van der Waals surface area (Å²) in [6, 6.07) is -2.31. The van der Waals surface area contributed by atoms with Gasteiger partial charge in [0.05, 0.1) is 6.04 Å². The zero-order valence-corrected chi connectivity index (χ0v) is 16.4. The zero-order chi connectivity index (χ0) is 21.4. The molecule has 2 rings (SSSR count). The van der Waals surface area contributed by atoms with Crippen molar-refractivity contribution in [3.63, 3.8) is 0 Å². The van der Waals surface area contributed by atoms with Gasteiger partial charge in [0.1, 0.15) is 11.7 Å². The molecule has 154 valence electrons. The average Bonchev–Trinajstić information content (AvgIpc) is 2.97. The SMILES string of the molecule is C[C@@H]1[C@@H](NC(=O)C(=NOC(C)(C)C(=O)O)c2csc(N)n2)C(=O)N1S(=O)(=O)O. The predicted octanol–water partition coefficient (Wildman–Crippen LogP) is -1.17. The lowest BCUT2D eigenvalue weighted by molar-refractivity contribution is -0.161. The molecule has 1 aromatic rings. The van der Waals surface area contributed by atoms with Crippen molar-refractivity contribution in [1.82, 2.24) is 14.6 Å². The number of carbonyl (C=O) groups is 3. The first-order valence-electron chi connectivity index (χ1n) is 7.58. The van der Waals surface area contributed by atoms with Crippen molar-refractivity contribution in [2.75, 3.05) is 5.73 Å². The Bertz CT molecular complexity index is 954. The molecule has 1 aromatic heterocycles. The molecule has 1 aliphatic heterocycles. The van der Waals surface area contributed by atoms with E-state index in [1.807, 2.05) is 0 Å². The minimum atomic E-state index is -4.76. The number of carboxylic acid groups (broad SMARTS) is 1. The van der Waals surface area contributed by atoms with Crippen LogP contribution in [-0.2, 0) is 29.5 Å². The maximum absolute atomic E-state index is 12.6. The van der Waals surface area contributed by atoms with E-state index in [1.54, 1.807) is 0 Å². The number of carboxylic acids is 1. The van der Waals surface area contributed by atoms with Crippen LogP contribution in [0.4, 0.5) is 5.13 Å². The number of nitrogen functional groups attached to an aromatic ring is 1. The Morgan fingerprint density at radius 1 is 1.46 bits per heavy atom. The van der Waals surface area contributed by atoms with Crippen LogP contribution in [0.3, 0.4) is 0 Å². The average molecular weight is 435 g/mol. The van der Waals surface area contributed by atoms with Crippen LogP contribution in [0.5, 0.6) is 0 Å². The molecule has 5 N–H and O–H groups in total. The Kier molecular flexibility index (Phi) is 5.63.